The molecular weight excluding hydrogens is 472 g/mol. The Morgan fingerprint density at radius 1 is 1.27 bits per heavy atom. The molecular formula is C19H17BrN6O3S. The van der Waals surface area contributed by atoms with Crippen LogP contribution >= 0.6 is 27.7 Å². The monoisotopic (exact) mass is 488 g/mol. The Bertz CT molecular complexity index is 1070. The molecule has 0 unspecified atom stereocenters. The number of nitrogens with one attached hydrogen (secondary N) is 3. The largest absolute Gasteiger partial charge is 0.454 e. The van der Waals surface area contributed by atoms with E-state index in [0.29, 0.717) is 23.4 Å². The number of nitrogens with zero attached hydrogens (tertiary/aromatic N) is 3. The molecule has 2 heterocycles. The van der Waals surface area contributed by atoms with Crippen molar-refractivity contribution in [2.45, 2.75) is 11.7 Å². The van der Waals surface area contributed by atoms with Crippen LogP contribution in [-0.2, 0) is 11.3 Å². The van der Waals surface area contributed by atoms with Gasteiger partial charge >= 0.3 is 0 Å². The molecule has 3 N–H and O–H groups in total. The van der Waals surface area contributed by atoms with Crippen LogP contribution < -0.4 is 20.2 Å². The molecule has 1 amide bonds. The van der Waals surface area contributed by atoms with Crippen LogP contribution in [-0.4, -0.2) is 39.8 Å². The van der Waals surface area contributed by atoms with Crippen molar-refractivity contribution in [3.63, 3.8) is 0 Å². The van der Waals surface area contributed by atoms with E-state index in [9.17, 15) is 4.79 Å². The molecule has 0 fully saturated rings. The van der Waals surface area contributed by atoms with E-state index in [4.69, 9.17) is 9.47 Å². The number of hydrogen-bond acceptors (Lipinski definition) is 8. The number of rotatable bonds is 8. The SMILES string of the molecule is O=C(CSc1n[nH]c(N/N=C/c2cccc(Br)c2)n1)NCc1ccc2c(c1)OCO2. The molecule has 3 aromatic rings. The lowest BCUT2D eigenvalue weighted by molar-refractivity contribution is -0.118. The number of thioether (sulfide) groups is 1. The molecule has 0 atom stereocenters. The normalized spacial score (nSPS) is 12.3. The first-order valence-electron chi connectivity index (χ1n) is 8.91. The van der Waals surface area contributed by atoms with Crippen LogP contribution in [0.5, 0.6) is 11.5 Å². The number of anilines is 1. The van der Waals surface area contributed by atoms with E-state index >= 15 is 0 Å². The van der Waals surface area contributed by atoms with Crippen LogP contribution in [0.25, 0.3) is 0 Å². The molecule has 2 aromatic carbocycles. The number of carbonyl (C=O) groups is 1. The van der Waals surface area contributed by atoms with Crippen molar-refractivity contribution in [1.82, 2.24) is 20.5 Å². The number of fused-ring (bicyclic) bond motifs is 1. The van der Waals surface area contributed by atoms with Gasteiger partial charge in [-0.05, 0) is 35.4 Å². The van der Waals surface area contributed by atoms with Crippen LogP contribution in [0.2, 0.25) is 0 Å². The molecule has 0 saturated heterocycles. The van der Waals surface area contributed by atoms with E-state index in [1.54, 1.807) is 6.21 Å². The summed E-state index contributed by atoms with van der Waals surface area (Å²) >= 11 is 4.64. The van der Waals surface area contributed by atoms with Gasteiger partial charge in [0, 0.05) is 11.0 Å². The predicted molar refractivity (Wildman–Crippen MR) is 117 cm³/mol. The molecule has 0 bridgehead atoms. The number of aromatic amines is 1. The highest BCUT2D eigenvalue weighted by Crippen LogP contribution is 2.32. The van der Waals surface area contributed by atoms with E-state index in [2.05, 4.69) is 47.0 Å². The third-order valence-corrected chi connectivity index (χ3v) is 5.30. The second-order valence-corrected chi connectivity index (χ2v) is 8.00. The van der Waals surface area contributed by atoms with Crippen molar-refractivity contribution in [2.75, 3.05) is 18.0 Å². The van der Waals surface area contributed by atoms with Gasteiger partial charge in [-0.15, -0.1) is 5.10 Å². The summed E-state index contributed by atoms with van der Waals surface area (Å²) in [6.07, 6.45) is 1.67. The Balaban J connectivity index is 1.20. The van der Waals surface area contributed by atoms with Crippen LogP contribution in [0, 0.1) is 0 Å². The summed E-state index contributed by atoms with van der Waals surface area (Å²) in [7, 11) is 0. The maximum atomic E-state index is 12.1. The Hall–Kier alpha value is -3.05. The van der Waals surface area contributed by atoms with Crippen molar-refractivity contribution >= 4 is 45.8 Å². The minimum atomic E-state index is -0.121. The Labute approximate surface area is 184 Å². The summed E-state index contributed by atoms with van der Waals surface area (Å²) in [5, 5.41) is 14.2. The molecule has 9 nitrogen and oxygen atoms in total. The summed E-state index contributed by atoms with van der Waals surface area (Å²) in [6, 6.07) is 13.3. The zero-order chi connectivity index (χ0) is 20.8. The lowest BCUT2D eigenvalue weighted by Crippen LogP contribution is -2.24. The summed E-state index contributed by atoms with van der Waals surface area (Å²) < 4.78 is 11.6. The van der Waals surface area contributed by atoms with Gasteiger partial charge in [0.15, 0.2) is 11.5 Å². The smallest absolute Gasteiger partial charge is 0.240 e. The first-order chi connectivity index (χ1) is 14.7. The lowest BCUT2D eigenvalue weighted by atomic mass is 10.2. The lowest BCUT2D eigenvalue weighted by Gasteiger charge is -2.05. The van der Waals surface area contributed by atoms with Crippen molar-refractivity contribution < 1.29 is 14.3 Å². The fraction of sp³-hybridized carbons (Fsp3) is 0.158. The minimum Gasteiger partial charge on any atom is -0.454 e. The van der Waals surface area contributed by atoms with Gasteiger partial charge in [0.2, 0.25) is 23.8 Å². The summed E-state index contributed by atoms with van der Waals surface area (Å²) in [5.74, 6) is 1.88. The third-order valence-electron chi connectivity index (χ3n) is 3.96. The van der Waals surface area contributed by atoms with Crippen molar-refractivity contribution in [3.8, 4) is 11.5 Å². The number of hydrazone groups is 1. The molecule has 0 saturated carbocycles. The Kier molecular flexibility index (Phi) is 6.50. The van der Waals surface area contributed by atoms with E-state index < -0.39 is 0 Å². The number of halogens is 1. The average Bonchev–Trinajstić information content (AvgIpc) is 3.39. The number of aromatic nitrogens is 3. The van der Waals surface area contributed by atoms with Gasteiger partial charge in [-0.1, -0.05) is 45.9 Å². The Morgan fingerprint density at radius 2 is 2.17 bits per heavy atom. The van der Waals surface area contributed by atoms with Gasteiger partial charge in [-0.3, -0.25) is 4.79 Å². The molecule has 1 aliphatic heterocycles. The highest BCUT2D eigenvalue weighted by Gasteiger charge is 2.13. The molecule has 1 aliphatic rings. The summed E-state index contributed by atoms with van der Waals surface area (Å²) in [4.78, 5) is 16.3. The van der Waals surface area contributed by atoms with Gasteiger partial charge in [-0.25, -0.2) is 10.5 Å². The number of ether oxygens (including phenoxy) is 2. The molecule has 0 aliphatic carbocycles. The second kappa shape index (κ2) is 9.63. The fourth-order valence-electron chi connectivity index (χ4n) is 2.55. The van der Waals surface area contributed by atoms with E-state index in [1.165, 1.54) is 11.8 Å². The molecule has 30 heavy (non-hydrogen) atoms. The average molecular weight is 489 g/mol. The van der Waals surface area contributed by atoms with Gasteiger partial charge in [-0.2, -0.15) is 10.1 Å². The molecule has 11 heteroatoms. The topological polar surface area (TPSA) is 114 Å². The van der Waals surface area contributed by atoms with Crippen LogP contribution in [0.3, 0.4) is 0 Å². The maximum Gasteiger partial charge on any atom is 0.240 e. The summed E-state index contributed by atoms with van der Waals surface area (Å²) in [6.45, 7) is 0.631. The second-order valence-electron chi connectivity index (χ2n) is 6.14. The van der Waals surface area contributed by atoms with Crippen molar-refractivity contribution in [2.24, 2.45) is 5.10 Å². The number of amides is 1. The van der Waals surface area contributed by atoms with Gasteiger partial charge in [0.1, 0.15) is 0 Å². The van der Waals surface area contributed by atoms with Gasteiger partial charge in [0.25, 0.3) is 0 Å². The molecule has 154 valence electrons. The van der Waals surface area contributed by atoms with Crippen LogP contribution in [0.4, 0.5) is 5.95 Å². The number of benzene rings is 2. The quantitative estimate of drug-likeness (QED) is 0.253. The molecule has 1 aromatic heterocycles. The predicted octanol–water partition coefficient (Wildman–Crippen LogP) is 3.15. The maximum absolute atomic E-state index is 12.1. The van der Waals surface area contributed by atoms with E-state index in [1.807, 2.05) is 42.5 Å². The number of H-pyrrole nitrogens is 1. The van der Waals surface area contributed by atoms with E-state index in [-0.39, 0.29) is 18.5 Å². The number of hydrogen-bond donors (Lipinski definition) is 3. The standard InChI is InChI=1S/C19H17BrN6O3S/c20-14-3-1-2-12(6-14)9-22-24-18-23-19(26-25-18)30-10-17(27)21-8-13-4-5-15-16(7-13)29-11-28-15/h1-7,9H,8,10-11H2,(H,21,27)(H2,23,24,25,26)/b22-9+. The van der Waals surface area contributed by atoms with Crippen LogP contribution in [0.15, 0.2) is 57.2 Å². The molecule has 0 spiro atoms. The first-order valence-corrected chi connectivity index (χ1v) is 10.7. The van der Waals surface area contributed by atoms with Crippen LogP contribution in [0.1, 0.15) is 11.1 Å². The van der Waals surface area contributed by atoms with E-state index in [0.717, 1.165) is 21.3 Å². The zero-order valence-electron chi connectivity index (χ0n) is 15.6. The molecule has 4 rings (SSSR count). The fourth-order valence-corrected chi connectivity index (χ4v) is 3.59. The van der Waals surface area contributed by atoms with Gasteiger partial charge in [0.05, 0.1) is 12.0 Å². The Morgan fingerprint density at radius 3 is 3.07 bits per heavy atom. The highest BCUT2D eigenvalue weighted by molar-refractivity contribution is 9.10. The zero-order valence-corrected chi connectivity index (χ0v) is 18.0. The first kappa shape index (κ1) is 20.2. The van der Waals surface area contributed by atoms with Gasteiger partial charge < -0.3 is 14.8 Å². The number of carbonyl (C=O) groups excluding carboxylic acids is 1. The highest BCUT2D eigenvalue weighted by atomic mass is 79.9. The molecule has 0 radical (unpaired) electrons. The third kappa shape index (κ3) is 5.51. The minimum absolute atomic E-state index is 0.121. The summed E-state index contributed by atoms with van der Waals surface area (Å²) in [5.41, 5.74) is 4.65. The van der Waals surface area contributed by atoms with Crippen molar-refractivity contribution in [3.05, 3.63) is 58.1 Å². The van der Waals surface area contributed by atoms with Crippen molar-refractivity contribution in [1.29, 1.82) is 0 Å².